The van der Waals surface area contributed by atoms with Crippen molar-refractivity contribution in [1.82, 2.24) is 4.98 Å². The lowest BCUT2D eigenvalue weighted by atomic mass is 10.0. The number of nitrogens with zero attached hydrogens (tertiary/aromatic N) is 2. The van der Waals surface area contributed by atoms with Crippen LogP contribution in [0.5, 0.6) is 0 Å². The average molecular weight is 474 g/mol. The number of benzene rings is 2. The third-order valence-electron chi connectivity index (χ3n) is 4.44. The highest BCUT2D eigenvalue weighted by molar-refractivity contribution is 6.42. The first-order valence-corrected chi connectivity index (χ1v) is 9.73. The molecule has 0 saturated carbocycles. The van der Waals surface area contributed by atoms with Crippen molar-refractivity contribution in [3.63, 3.8) is 0 Å². The van der Waals surface area contributed by atoms with Crippen molar-refractivity contribution in [2.24, 2.45) is 0 Å². The number of carbonyl (C=O) groups is 1. The fraction of sp³-hybridized carbons (Fsp3) is 0.143. The zero-order valence-corrected chi connectivity index (χ0v) is 17.7. The maximum atomic E-state index is 13.7. The number of alkyl halides is 3. The van der Waals surface area contributed by atoms with Crippen molar-refractivity contribution in [1.29, 1.82) is 0 Å². The quantitative estimate of drug-likeness (QED) is 0.411. The fourth-order valence-electron chi connectivity index (χ4n) is 2.79. The molecule has 0 N–H and O–H groups in total. The molecule has 0 atom stereocenters. The maximum Gasteiger partial charge on any atom is 0.416 e. The van der Waals surface area contributed by atoms with Crippen molar-refractivity contribution in [2.45, 2.75) is 12.6 Å². The Hall–Kier alpha value is -2.28. The molecule has 156 valence electrons. The largest absolute Gasteiger partial charge is 0.416 e. The molecule has 3 rings (SSSR count). The highest BCUT2D eigenvalue weighted by Crippen LogP contribution is 2.35. The van der Waals surface area contributed by atoms with E-state index in [0.29, 0.717) is 21.3 Å². The zero-order valence-electron chi connectivity index (χ0n) is 15.5. The van der Waals surface area contributed by atoms with Gasteiger partial charge in [0.1, 0.15) is 0 Å². The van der Waals surface area contributed by atoms with Crippen molar-refractivity contribution >= 4 is 46.4 Å². The monoisotopic (exact) mass is 472 g/mol. The minimum atomic E-state index is -4.65. The van der Waals surface area contributed by atoms with Gasteiger partial charge < -0.3 is 4.90 Å². The van der Waals surface area contributed by atoms with E-state index in [9.17, 15) is 18.0 Å². The molecule has 0 aliphatic carbocycles. The summed E-state index contributed by atoms with van der Waals surface area (Å²) in [6.45, 7) is 0. The molecule has 0 fully saturated rings. The Morgan fingerprint density at radius 1 is 1.00 bits per heavy atom. The summed E-state index contributed by atoms with van der Waals surface area (Å²) in [6.07, 6.45) is -4.06. The van der Waals surface area contributed by atoms with Gasteiger partial charge in [-0.3, -0.25) is 9.78 Å². The van der Waals surface area contributed by atoms with Gasteiger partial charge in [0.05, 0.1) is 27.7 Å². The third-order valence-corrected chi connectivity index (χ3v) is 5.43. The summed E-state index contributed by atoms with van der Waals surface area (Å²) in [5, 5.41) is 1.00. The van der Waals surface area contributed by atoms with E-state index in [1.165, 1.54) is 24.1 Å². The van der Waals surface area contributed by atoms with Crippen LogP contribution in [0.1, 0.15) is 11.1 Å². The maximum absolute atomic E-state index is 13.7. The number of pyridine rings is 1. The normalized spacial score (nSPS) is 11.4. The molecule has 0 unspecified atom stereocenters. The molecule has 0 radical (unpaired) electrons. The Bertz CT molecular complexity index is 1090. The second kappa shape index (κ2) is 8.84. The lowest BCUT2D eigenvalue weighted by molar-refractivity contribution is -0.138. The van der Waals surface area contributed by atoms with Crippen molar-refractivity contribution in [3.05, 3.63) is 80.9 Å². The van der Waals surface area contributed by atoms with E-state index in [1.54, 1.807) is 30.3 Å². The molecule has 3 nitrogen and oxygen atoms in total. The summed E-state index contributed by atoms with van der Waals surface area (Å²) in [5.74, 6) is -0.556. The van der Waals surface area contributed by atoms with Gasteiger partial charge in [0.25, 0.3) is 0 Å². The van der Waals surface area contributed by atoms with Crippen LogP contribution in [0.4, 0.5) is 18.9 Å². The Morgan fingerprint density at radius 2 is 1.67 bits per heavy atom. The van der Waals surface area contributed by atoms with Gasteiger partial charge >= 0.3 is 6.18 Å². The van der Waals surface area contributed by atoms with Crippen LogP contribution in [-0.2, 0) is 17.4 Å². The van der Waals surface area contributed by atoms with Gasteiger partial charge in [0.2, 0.25) is 5.91 Å². The summed E-state index contributed by atoms with van der Waals surface area (Å²) in [5.41, 5.74) is -0.118. The van der Waals surface area contributed by atoms with E-state index in [-0.39, 0.29) is 16.3 Å². The Balaban J connectivity index is 1.91. The number of rotatable bonds is 4. The van der Waals surface area contributed by atoms with Gasteiger partial charge in [-0.25, -0.2) is 0 Å². The van der Waals surface area contributed by atoms with Crippen LogP contribution in [-0.4, -0.2) is 17.9 Å². The molecule has 1 heterocycles. The molecule has 30 heavy (non-hydrogen) atoms. The number of anilines is 1. The molecule has 0 aliphatic rings. The van der Waals surface area contributed by atoms with Crippen LogP contribution < -0.4 is 4.90 Å². The number of hydrogen-bond acceptors (Lipinski definition) is 2. The molecule has 1 amide bonds. The number of aromatic nitrogens is 1. The van der Waals surface area contributed by atoms with Crippen molar-refractivity contribution in [3.8, 4) is 11.3 Å². The first-order chi connectivity index (χ1) is 14.1. The number of likely N-dealkylation sites (N-methyl/N-ethyl adjacent to an activating group) is 1. The standard InChI is InChI=1S/C21H14Cl3F3N2O/c1-29(15-6-7-17(23)18(24)9-15)20(30)8-13-11-28-19(10-16(13)21(25,26)27)12-2-4-14(22)5-3-12/h2-7,9-11H,8H2,1H3. The Labute approximate surface area is 186 Å². The predicted molar refractivity (Wildman–Crippen MR) is 113 cm³/mol. The van der Waals surface area contributed by atoms with Crippen LogP contribution >= 0.6 is 34.8 Å². The van der Waals surface area contributed by atoms with E-state index in [4.69, 9.17) is 34.8 Å². The smallest absolute Gasteiger partial charge is 0.315 e. The number of carbonyl (C=O) groups excluding carboxylic acids is 1. The van der Waals surface area contributed by atoms with Gasteiger partial charge in [-0.1, -0.05) is 46.9 Å². The van der Waals surface area contributed by atoms with E-state index in [1.807, 2.05) is 0 Å². The summed E-state index contributed by atoms with van der Waals surface area (Å²) in [6, 6.07) is 11.7. The molecule has 1 aromatic heterocycles. The number of amides is 1. The second-order valence-electron chi connectivity index (χ2n) is 6.46. The van der Waals surface area contributed by atoms with Crippen LogP contribution in [0, 0.1) is 0 Å². The number of halogens is 6. The molecular formula is C21H14Cl3F3N2O. The van der Waals surface area contributed by atoms with Gasteiger partial charge in [0, 0.05) is 29.5 Å². The zero-order chi connectivity index (χ0) is 22.1. The fourth-order valence-corrected chi connectivity index (χ4v) is 3.20. The van der Waals surface area contributed by atoms with Crippen LogP contribution in [0.25, 0.3) is 11.3 Å². The van der Waals surface area contributed by atoms with Gasteiger partial charge in [-0.15, -0.1) is 0 Å². The summed E-state index contributed by atoms with van der Waals surface area (Å²) in [4.78, 5) is 17.9. The average Bonchev–Trinajstić information content (AvgIpc) is 2.69. The first kappa shape index (κ1) is 22.4. The molecule has 3 aromatic rings. The molecule has 0 spiro atoms. The topological polar surface area (TPSA) is 33.2 Å². The first-order valence-electron chi connectivity index (χ1n) is 8.60. The van der Waals surface area contributed by atoms with Crippen LogP contribution in [0.15, 0.2) is 54.7 Å². The SMILES string of the molecule is CN(C(=O)Cc1cnc(-c2ccc(Cl)cc2)cc1C(F)(F)F)c1ccc(Cl)c(Cl)c1. The lowest BCUT2D eigenvalue weighted by Gasteiger charge is -2.20. The molecule has 9 heteroatoms. The van der Waals surface area contributed by atoms with E-state index >= 15 is 0 Å². The molecule has 0 aliphatic heterocycles. The van der Waals surface area contributed by atoms with Gasteiger partial charge in [-0.05, 0) is 42.0 Å². The molecule has 0 saturated heterocycles. The minimum absolute atomic E-state index is 0.132. The summed E-state index contributed by atoms with van der Waals surface area (Å²) >= 11 is 17.6. The Kier molecular flexibility index (Phi) is 6.60. The highest BCUT2D eigenvalue weighted by Gasteiger charge is 2.35. The van der Waals surface area contributed by atoms with Gasteiger partial charge in [-0.2, -0.15) is 13.2 Å². The molecule has 2 aromatic carbocycles. The second-order valence-corrected chi connectivity index (χ2v) is 7.71. The van der Waals surface area contributed by atoms with Crippen molar-refractivity contribution in [2.75, 3.05) is 11.9 Å². The molecular weight excluding hydrogens is 460 g/mol. The third kappa shape index (κ3) is 5.06. The minimum Gasteiger partial charge on any atom is -0.315 e. The summed E-state index contributed by atoms with van der Waals surface area (Å²) in [7, 11) is 1.45. The van der Waals surface area contributed by atoms with E-state index < -0.39 is 24.1 Å². The van der Waals surface area contributed by atoms with Gasteiger partial charge in [0.15, 0.2) is 0 Å². The van der Waals surface area contributed by atoms with E-state index in [2.05, 4.69) is 4.98 Å². The lowest BCUT2D eigenvalue weighted by Crippen LogP contribution is -2.28. The number of hydrogen-bond donors (Lipinski definition) is 0. The van der Waals surface area contributed by atoms with Crippen LogP contribution in [0.2, 0.25) is 15.1 Å². The summed E-state index contributed by atoms with van der Waals surface area (Å²) < 4.78 is 41.0. The predicted octanol–water partition coefficient (Wildman–Crippen LogP) is 6.93. The van der Waals surface area contributed by atoms with E-state index in [0.717, 1.165) is 12.3 Å². The van der Waals surface area contributed by atoms with Crippen molar-refractivity contribution < 1.29 is 18.0 Å². The van der Waals surface area contributed by atoms with Crippen LogP contribution in [0.3, 0.4) is 0 Å². The molecule has 0 bridgehead atoms. The Morgan fingerprint density at radius 3 is 2.27 bits per heavy atom. The highest BCUT2D eigenvalue weighted by atomic mass is 35.5.